The molecule has 0 aliphatic heterocycles. The maximum absolute atomic E-state index is 3.60. The summed E-state index contributed by atoms with van der Waals surface area (Å²) in [5.74, 6) is 1.80. The van der Waals surface area contributed by atoms with Crippen molar-refractivity contribution < 1.29 is 0 Å². The van der Waals surface area contributed by atoms with Crippen LogP contribution in [-0.4, -0.2) is 0 Å². The second-order valence-corrected chi connectivity index (χ2v) is 2.50. The van der Waals surface area contributed by atoms with E-state index in [0.29, 0.717) is 0 Å². The van der Waals surface area contributed by atoms with Crippen LogP contribution in [0.25, 0.3) is 0 Å². The van der Waals surface area contributed by atoms with Crippen molar-refractivity contribution in [2.24, 2.45) is 11.8 Å². The molecule has 0 saturated heterocycles. The van der Waals surface area contributed by atoms with Gasteiger partial charge in [-0.1, -0.05) is 31.7 Å². The van der Waals surface area contributed by atoms with E-state index >= 15 is 0 Å². The topological polar surface area (TPSA) is 0 Å². The van der Waals surface area contributed by atoms with Gasteiger partial charge in [-0.15, -0.1) is 0 Å². The minimum absolute atomic E-state index is 0.869. The Kier molecular flexibility index (Phi) is 1.52. The molecule has 0 bridgehead atoms. The summed E-state index contributed by atoms with van der Waals surface area (Å²) in [4.78, 5) is 0. The highest BCUT2D eigenvalue weighted by atomic mass is 14.3. The molecule has 0 aromatic heterocycles. The highest BCUT2D eigenvalue weighted by Crippen LogP contribution is 2.38. The Morgan fingerprint density at radius 1 is 1.62 bits per heavy atom. The molecular formula is C8H12. The van der Waals surface area contributed by atoms with Crippen LogP contribution in [0.1, 0.15) is 13.3 Å². The van der Waals surface area contributed by atoms with Crippen LogP contribution in [0.5, 0.6) is 0 Å². The third-order valence-corrected chi connectivity index (χ3v) is 1.67. The Balaban J connectivity index is 2.21. The minimum Gasteiger partial charge on any atom is -0.0991 e. The van der Waals surface area contributed by atoms with E-state index < -0.39 is 0 Å². The summed E-state index contributed by atoms with van der Waals surface area (Å²) in [5.41, 5.74) is 0. The number of allylic oxidation sites excluding steroid dienone is 3. The molecule has 1 aliphatic rings. The summed E-state index contributed by atoms with van der Waals surface area (Å²) in [6.07, 6.45) is 7.49. The zero-order chi connectivity index (χ0) is 5.98. The maximum Gasteiger partial charge on any atom is -0.0202 e. The van der Waals surface area contributed by atoms with Gasteiger partial charge >= 0.3 is 0 Å². The van der Waals surface area contributed by atoms with E-state index in [1.54, 1.807) is 0 Å². The molecular weight excluding hydrogens is 96.1 g/mol. The van der Waals surface area contributed by atoms with Crippen LogP contribution >= 0.6 is 0 Å². The predicted molar refractivity (Wildman–Crippen MR) is 36.6 cm³/mol. The predicted octanol–water partition coefficient (Wildman–Crippen LogP) is 2.38. The molecule has 44 valence electrons. The normalized spacial score (nSPS) is 35.6. The molecule has 8 heavy (non-hydrogen) atoms. The zero-order valence-electron chi connectivity index (χ0n) is 5.30. The first-order chi connectivity index (χ1) is 3.84. The molecule has 0 aromatic rings. The Morgan fingerprint density at radius 2 is 2.25 bits per heavy atom. The summed E-state index contributed by atoms with van der Waals surface area (Å²) in [6.45, 7) is 5.87. The van der Waals surface area contributed by atoms with Crippen molar-refractivity contribution in [2.45, 2.75) is 13.3 Å². The fraction of sp³-hybridized carbons (Fsp3) is 0.500. The Bertz CT molecular complexity index is 111. The first kappa shape index (κ1) is 5.61. The maximum atomic E-state index is 3.60. The van der Waals surface area contributed by atoms with Gasteiger partial charge in [-0.25, -0.2) is 0 Å². The van der Waals surface area contributed by atoms with Crippen molar-refractivity contribution in [3.05, 3.63) is 24.8 Å². The SMILES string of the molecule is C=CC=CC1CC1C. The second kappa shape index (κ2) is 2.17. The van der Waals surface area contributed by atoms with Gasteiger partial charge in [0, 0.05) is 0 Å². The van der Waals surface area contributed by atoms with Crippen LogP contribution in [-0.2, 0) is 0 Å². The van der Waals surface area contributed by atoms with Gasteiger partial charge in [0.15, 0.2) is 0 Å². The molecule has 1 saturated carbocycles. The molecule has 1 aliphatic carbocycles. The molecule has 0 amide bonds. The fourth-order valence-electron chi connectivity index (χ4n) is 0.840. The first-order valence-electron chi connectivity index (χ1n) is 3.14. The summed E-state index contributed by atoms with van der Waals surface area (Å²) in [5, 5.41) is 0. The monoisotopic (exact) mass is 108 g/mol. The first-order valence-corrected chi connectivity index (χ1v) is 3.14. The average Bonchev–Trinajstić information content (AvgIpc) is 2.42. The van der Waals surface area contributed by atoms with Gasteiger partial charge < -0.3 is 0 Å². The van der Waals surface area contributed by atoms with Crippen molar-refractivity contribution in [1.29, 1.82) is 0 Å². The molecule has 0 nitrogen and oxygen atoms in total. The van der Waals surface area contributed by atoms with Crippen molar-refractivity contribution in [1.82, 2.24) is 0 Å². The molecule has 1 fully saturated rings. The van der Waals surface area contributed by atoms with Gasteiger partial charge in [0.05, 0.1) is 0 Å². The molecule has 0 heterocycles. The number of hydrogen-bond acceptors (Lipinski definition) is 0. The Hall–Kier alpha value is -0.520. The van der Waals surface area contributed by atoms with Gasteiger partial charge in [-0.3, -0.25) is 0 Å². The number of hydrogen-bond donors (Lipinski definition) is 0. The van der Waals surface area contributed by atoms with Crippen molar-refractivity contribution >= 4 is 0 Å². The summed E-state index contributed by atoms with van der Waals surface area (Å²) < 4.78 is 0. The van der Waals surface area contributed by atoms with Crippen LogP contribution in [0.3, 0.4) is 0 Å². The Morgan fingerprint density at radius 3 is 2.62 bits per heavy atom. The average molecular weight is 108 g/mol. The lowest BCUT2D eigenvalue weighted by Crippen LogP contribution is -1.65. The molecule has 2 atom stereocenters. The quantitative estimate of drug-likeness (QED) is 0.476. The third-order valence-electron chi connectivity index (χ3n) is 1.67. The molecule has 0 radical (unpaired) electrons. The van der Waals surface area contributed by atoms with E-state index in [2.05, 4.69) is 19.6 Å². The number of rotatable bonds is 2. The van der Waals surface area contributed by atoms with E-state index in [-0.39, 0.29) is 0 Å². The van der Waals surface area contributed by atoms with Crippen LogP contribution in [0.4, 0.5) is 0 Å². The van der Waals surface area contributed by atoms with Crippen molar-refractivity contribution in [3.63, 3.8) is 0 Å². The van der Waals surface area contributed by atoms with Crippen LogP contribution in [0.15, 0.2) is 24.8 Å². The van der Waals surface area contributed by atoms with E-state index in [4.69, 9.17) is 0 Å². The van der Waals surface area contributed by atoms with Crippen LogP contribution < -0.4 is 0 Å². The summed E-state index contributed by atoms with van der Waals surface area (Å²) in [6, 6.07) is 0. The lowest BCUT2D eigenvalue weighted by Gasteiger charge is -1.76. The van der Waals surface area contributed by atoms with Gasteiger partial charge in [-0.2, -0.15) is 0 Å². The van der Waals surface area contributed by atoms with Crippen LogP contribution in [0.2, 0.25) is 0 Å². The fourth-order valence-corrected chi connectivity index (χ4v) is 0.840. The lowest BCUT2D eigenvalue weighted by atomic mass is 10.3. The standard InChI is InChI=1S/C8H12/c1-3-4-5-8-6-7(8)2/h3-5,7-8H,1,6H2,2H3. The second-order valence-electron chi connectivity index (χ2n) is 2.50. The lowest BCUT2D eigenvalue weighted by molar-refractivity contribution is 0.899. The van der Waals surface area contributed by atoms with E-state index in [1.807, 2.05) is 12.2 Å². The van der Waals surface area contributed by atoms with Crippen LogP contribution in [0, 0.1) is 11.8 Å². The third kappa shape index (κ3) is 1.22. The van der Waals surface area contributed by atoms with Crippen molar-refractivity contribution in [3.8, 4) is 0 Å². The largest absolute Gasteiger partial charge is 0.0991 e. The Labute approximate surface area is 50.9 Å². The molecule has 0 spiro atoms. The summed E-state index contributed by atoms with van der Waals surface area (Å²) >= 11 is 0. The highest BCUT2D eigenvalue weighted by Gasteiger charge is 2.28. The molecule has 1 rings (SSSR count). The summed E-state index contributed by atoms with van der Waals surface area (Å²) in [7, 11) is 0. The van der Waals surface area contributed by atoms with Gasteiger partial charge in [0.2, 0.25) is 0 Å². The molecule has 0 aromatic carbocycles. The van der Waals surface area contributed by atoms with Crippen molar-refractivity contribution in [2.75, 3.05) is 0 Å². The van der Waals surface area contributed by atoms with Gasteiger partial charge in [0.25, 0.3) is 0 Å². The van der Waals surface area contributed by atoms with E-state index in [1.165, 1.54) is 6.42 Å². The van der Waals surface area contributed by atoms with Gasteiger partial charge in [0.1, 0.15) is 0 Å². The highest BCUT2D eigenvalue weighted by molar-refractivity contribution is 5.06. The molecule has 0 N–H and O–H groups in total. The molecule has 0 heteroatoms. The minimum atomic E-state index is 0.869. The zero-order valence-corrected chi connectivity index (χ0v) is 5.30. The smallest absolute Gasteiger partial charge is 0.0202 e. The molecule has 2 unspecified atom stereocenters. The van der Waals surface area contributed by atoms with Gasteiger partial charge in [-0.05, 0) is 18.3 Å². The van der Waals surface area contributed by atoms with E-state index in [0.717, 1.165) is 11.8 Å². The van der Waals surface area contributed by atoms with E-state index in [9.17, 15) is 0 Å².